The number of halogens is 1. The van der Waals surface area contributed by atoms with Crippen molar-refractivity contribution in [1.29, 1.82) is 0 Å². The highest BCUT2D eigenvalue weighted by molar-refractivity contribution is 8.18. The van der Waals surface area contributed by atoms with Crippen LogP contribution in [-0.2, 0) is 11.3 Å². The molecule has 0 unspecified atom stereocenters. The number of esters is 1. The molecule has 0 spiro atoms. The van der Waals surface area contributed by atoms with E-state index < -0.39 is 11.9 Å². The molecule has 0 aliphatic carbocycles. The number of methoxy groups -OCH3 is 1. The second kappa shape index (κ2) is 10.2. The topological polar surface area (TPSA) is 72.9 Å². The van der Waals surface area contributed by atoms with Crippen molar-refractivity contribution < 1.29 is 23.9 Å². The highest BCUT2D eigenvalue weighted by Gasteiger charge is 2.35. The molecule has 1 heterocycles. The average molecular weight is 494 g/mol. The number of para-hydroxylation sites is 1. The summed E-state index contributed by atoms with van der Waals surface area (Å²) in [5, 5.41) is 0.135. The third-order valence-corrected chi connectivity index (χ3v) is 6.28. The molecule has 3 aromatic rings. The molecule has 1 fully saturated rings. The summed E-state index contributed by atoms with van der Waals surface area (Å²) in [6.07, 6.45) is 1.53. The van der Waals surface area contributed by atoms with Crippen LogP contribution in [0.15, 0.2) is 71.6 Å². The van der Waals surface area contributed by atoms with Gasteiger partial charge >= 0.3 is 5.97 Å². The maximum atomic E-state index is 13.0. The first-order valence-corrected chi connectivity index (χ1v) is 11.5. The van der Waals surface area contributed by atoms with E-state index in [1.807, 2.05) is 31.2 Å². The van der Waals surface area contributed by atoms with E-state index >= 15 is 0 Å². The lowest BCUT2D eigenvalue weighted by atomic mass is 10.1. The van der Waals surface area contributed by atoms with E-state index in [9.17, 15) is 14.4 Å². The van der Waals surface area contributed by atoms with Gasteiger partial charge in [0, 0.05) is 10.6 Å². The van der Waals surface area contributed by atoms with E-state index in [1.54, 1.807) is 42.5 Å². The van der Waals surface area contributed by atoms with E-state index in [4.69, 9.17) is 21.1 Å². The Morgan fingerprint density at radius 3 is 2.41 bits per heavy atom. The number of nitrogens with zero attached hydrogens (tertiary/aromatic N) is 1. The molecule has 0 radical (unpaired) electrons. The monoisotopic (exact) mass is 493 g/mol. The number of rotatable bonds is 6. The third-order valence-electron chi connectivity index (χ3n) is 5.13. The van der Waals surface area contributed by atoms with Gasteiger partial charge in [0.1, 0.15) is 0 Å². The number of carbonyl (C=O) groups excluding carboxylic acids is 3. The van der Waals surface area contributed by atoms with Crippen LogP contribution in [0, 0.1) is 6.92 Å². The van der Waals surface area contributed by atoms with E-state index in [0.29, 0.717) is 21.9 Å². The number of amides is 2. The zero-order chi connectivity index (χ0) is 24.2. The zero-order valence-electron chi connectivity index (χ0n) is 18.4. The van der Waals surface area contributed by atoms with Crippen molar-refractivity contribution in [2.24, 2.45) is 0 Å². The van der Waals surface area contributed by atoms with Gasteiger partial charge in [0.25, 0.3) is 11.1 Å². The number of ether oxygens (including phenoxy) is 2. The highest BCUT2D eigenvalue weighted by atomic mass is 35.5. The number of imide groups is 1. The lowest BCUT2D eigenvalue weighted by Gasteiger charge is -2.13. The van der Waals surface area contributed by atoms with Gasteiger partial charge in [-0.1, -0.05) is 53.6 Å². The predicted molar refractivity (Wildman–Crippen MR) is 132 cm³/mol. The fourth-order valence-electron chi connectivity index (χ4n) is 3.31. The Morgan fingerprint density at radius 1 is 1.03 bits per heavy atom. The van der Waals surface area contributed by atoms with Crippen molar-refractivity contribution in [2.75, 3.05) is 7.11 Å². The fraction of sp³-hybridized carbons (Fsp3) is 0.115. The van der Waals surface area contributed by atoms with Gasteiger partial charge < -0.3 is 9.47 Å². The normalized spacial score (nSPS) is 14.6. The van der Waals surface area contributed by atoms with E-state index in [0.717, 1.165) is 22.9 Å². The van der Waals surface area contributed by atoms with Crippen LogP contribution in [0.4, 0.5) is 4.79 Å². The van der Waals surface area contributed by atoms with Gasteiger partial charge in [-0.05, 0) is 60.7 Å². The minimum Gasteiger partial charge on any atom is -0.493 e. The van der Waals surface area contributed by atoms with Crippen LogP contribution >= 0.6 is 23.4 Å². The Bertz CT molecular complexity index is 1290. The van der Waals surface area contributed by atoms with Crippen molar-refractivity contribution in [3.63, 3.8) is 0 Å². The Kier molecular flexibility index (Phi) is 7.05. The molecule has 0 bridgehead atoms. The van der Waals surface area contributed by atoms with Crippen molar-refractivity contribution in [1.82, 2.24) is 4.90 Å². The molecule has 6 nitrogen and oxygen atoms in total. The number of thioether (sulfide) groups is 1. The first kappa shape index (κ1) is 23.6. The number of aryl methyl sites for hydroxylation is 1. The van der Waals surface area contributed by atoms with Crippen molar-refractivity contribution in [3.8, 4) is 11.5 Å². The minimum absolute atomic E-state index is 0.148. The standard InChI is InChI=1S/C26H20ClNO5S/c1-16-6-8-17(9-7-16)15-28-24(29)22(34-26(28)31)14-19-4-3-5-21(32-2)23(19)33-25(30)18-10-12-20(27)13-11-18/h3-14H,15H2,1-2H3/b22-14-. The Labute approximate surface area is 206 Å². The minimum atomic E-state index is -0.608. The maximum absolute atomic E-state index is 13.0. The number of hydrogen-bond acceptors (Lipinski definition) is 6. The smallest absolute Gasteiger partial charge is 0.343 e. The van der Waals surface area contributed by atoms with Gasteiger partial charge in [-0.3, -0.25) is 14.5 Å². The van der Waals surface area contributed by atoms with Crippen LogP contribution in [-0.4, -0.2) is 29.1 Å². The second-order valence-electron chi connectivity index (χ2n) is 7.53. The van der Waals surface area contributed by atoms with Gasteiger partial charge in [-0.25, -0.2) is 4.79 Å². The Balaban J connectivity index is 1.61. The second-order valence-corrected chi connectivity index (χ2v) is 8.96. The molecule has 1 aliphatic heterocycles. The van der Waals surface area contributed by atoms with Crippen LogP contribution in [0.5, 0.6) is 11.5 Å². The molecule has 1 aliphatic rings. The van der Waals surface area contributed by atoms with E-state index in [-0.39, 0.29) is 22.4 Å². The van der Waals surface area contributed by atoms with Crippen LogP contribution in [0.3, 0.4) is 0 Å². The lowest BCUT2D eigenvalue weighted by molar-refractivity contribution is -0.123. The summed E-state index contributed by atoms with van der Waals surface area (Å²) in [7, 11) is 1.45. The van der Waals surface area contributed by atoms with Crippen LogP contribution in [0.1, 0.15) is 27.0 Å². The van der Waals surface area contributed by atoms with Crippen LogP contribution in [0.25, 0.3) is 6.08 Å². The van der Waals surface area contributed by atoms with E-state index in [2.05, 4.69) is 0 Å². The molecule has 4 rings (SSSR count). The van der Waals surface area contributed by atoms with Crippen molar-refractivity contribution >= 4 is 46.6 Å². The molecule has 3 aromatic carbocycles. The molecule has 172 valence electrons. The summed E-state index contributed by atoms with van der Waals surface area (Å²) in [6.45, 7) is 2.15. The van der Waals surface area contributed by atoms with Gasteiger partial charge in [-0.15, -0.1) is 0 Å². The van der Waals surface area contributed by atoms with Gasteiger partial charge in [0.2, 0.25) is 0 Å². The third kappa shape index (κ3) is 5.16. The summed E-state index contributed by atoms with van der Waals surface area (Å²) in [6, 6.07) is 19.0. The Hall–Kier alpha value is -3.55. The van der Waals surface area contributed by atoms with Gasteiger partial charge in [0.15, 0.2) is 11.5 Å². The van der Waals surface area contributed by atoms with Crippen molar-refractivity contribution in [2.45, 2.75) is 13.5 Å². The molecular weight excluding hydrogens is 474 g/mol. The first-order chi connectivity index (χ1) is 16.4. The predicted octanol–water partition coefficient (Wildman–Crippen LogP) is 6.11. The molecule has 1 saturated heterocycles. The van der Waals surface area contributed by atoms with Crippen LogP contribution < -0.4 is 9.47 Å². The molecule has 0 atom stereocenters. The van der Waals surface area contributed by atoms with Gasteiger partial charge in [0.05, 0.1) is 24.1 Å². The number of benzene rings is 3. The fourth-order valence-corrected chi connectivity index (χ4v) is 4.26. The van der Waals surface area contributed by atoms with Crippen molar-refractivity contribution in [3.05, 3.63) is 98.9 Å². The number of carbonyl (C=O) groups is 3. The molecule has 0 saturated carbocycles. The average Bonchev–Trinajstić information content (AvgIpc) is 3.09. The zero-order valence-corrected chi connectivity index (χ0v) is 20.0. The number of hydrogen-bond donors (Lipinski definition) is 0. The largest absolute Gasteiger partial charge is 0.493 e. The first-order valence-electron chi connectivity index (χ1n) is 10.3. The maximum Gasteiger partial charge on any atom is 0.343 e. The highest BCUT2D eigenvalue weighted by Crippen LogP contribution is 2.38. The molecule has 2 amide bonds. The SMILES string of the molecule is COc1cccc(/C=C2\SC(=O)N(Cc3ccc(C)cc3)C2=O)c1OC(=O)c1ccc(Cl)cc1. The molecule has 34 heavy (non-hydrogen) atoms. The summed E-state index contributed by atoms with van der Waals surface area (Å²) >= 11 is 6.73. The Morgan fingerprint density at radius 2 is 1.74 bits per heavy atom. The summed E-state index contributed by atoms with van der Waals surface area (Å²) < 4.78 is 11.0. The lowest BCUT2D eigenvalue weighted by Crippen LogP contribution is -2.27. The molecule has 0 N–H and O–H groups in total. The molecular formula is C26H20ClNO5S. The quantitative estimate of drug-likeness (QED) is 0.234. The van der Waals surface area contributed by atoms with Gasteiger partial charge in [-0.2, -0.15) is 0 Å². The molecule has 8 heteroatoms. The van der Waals surface area contributed by atoms with Crippen LogP contribution in [0.2, 0.25) is 5.02 Å². The summed E-state index contributed by atoms with van der Waals surface area (Å²) in [5.41, 5.74) is 2.69. The summed E-state index contributed by atoms with van der Waals surface area (Å²) in [4.78, 5) is 39.7. The van der Waals surface area contributed by atoms with E-state index in [1.165, 1.54) is 18.1 Å². The molecule has 0 aromatic heterocycles. The summed E-state index contributed by atoms with van der Waals surface area (Å²) in [5.74, 6) is -0.554.